The monoisotopic (exact) mass is 507 g/mol. The summed E-state index contributed by atoms with van der Waals surface area (Å²) in [5.74, 6) is -3.32. The topological polar surface area (TPSA) is 76.1 Å². The van der Waals surface area contributed by atoms with Crippen molar-refractivity contribution >= 4 is 23.1 Å². The SMILES string of the molecule is CCCOc1ccc(/C(O)=C2\C(=O)C(=O)N(c3ccc(F)c(F)c3)C2c2ccc(OCC)cc2)cc1C. The van der Waals surface area contributed by atoms with Crippen LogP contribution in [0.1, 0.15) is 43.0 Å². The number of nitrogens with zero attached hydrogens (tertiary/aromatic N) is 1. The fourth-order valence-corrected chi connectivity index (χ4v) is 4.29. The number of carbonyl (C=O) groups is 2. The number of ketones is 1. The molecule has 1 amide bonds. The van der Waals surface area contributed by atoms with Gasteiger partial charge in [-0.25, -0.2) is 8.78 Å². The van der Waals surface area contributed by atoms with Crippen LogP contribution in [0.3, 0.4) is 0 Å². The highest BCUT2D eigenvalue weighted by atomic mass is 19.2. The van der Waals surface area contributed by atoms with E-state index >= 15 is 0 Å². The van der Waals surface area contributed by atoms with Gasteiger partial charge >= 0.3 is 0 Å². The molecular formula is C29H27F2NO5. The average Bonchev–Trinajstić information content (AvgIpc) is 3.15. The fraction of sp³-hybridized carbons (Fsp3) is 0.241. The summed E-state index contributed by atoms with van der Waals surface area (Å²) >= 11 is 0. The molecule has 37 heavy (non-hydrogen) atoms. The smallest absolute Gasteiger partial charge is 0.300 e. The minimum atomic E-state index is -1.16. The Bertz CT molecular complexity index is 1370. The van der Waals surface area contributed by atoms with Gasteiger partial charge in [-0.15, -0.1) is 0 Å². The minimum absolute atomic E-state index is 0.0153. The Hall–Kier alpha value is -4.20. The first-order chi connectivity index (χ1) is 17.8. The lowest BCUT2D eigenvalue weighted by Crippen LogP contribution is -2.29. The normalized spacial score (nSPS) is 16.8. The van der Waals surface area contributed by atoms with Gasteiger partial charge < -0.3 is 14.6 Å². The van der Waals surface area contributed by atoms with Gasteiger partial charge in [-0.05, 0) is 73.9 Å². The van der Waals surface area contributed by atoms with Crippen LogP contribution in [0.5, 0.6) is 11.5 Å². The summed E-state index contributed by atoms with van der Waals surface area (Å²) in [6.07, 6.45) is 0.830. The Balaban J connectivity index is 1.87. The van der Waals surface area contributed by atoms with Crippen LogP contribution in [0, 0.1) is 18.6 Å². The lowest BCUT2D eigenvalue weighted by molar-refractivity contribution is -0.132. The molecule has 1 N–H and O–H groups in total. The first-order valence-electron chi connectivity index (χ1n) is 12.0. The molecule has 1 saturated heterocycles. The van der Waals surface area contributed by atoms with Gasteiger partial charge in [0.2, 0.25) is 0 Å². The lowest BCUT2D eigenvalue weighted by Gasteiger charge is -2.25. The third-order valence-electron chi connectivity index (χ3n) is 6.04. The van der Waals surface area contributed by atoms with E-state index in [0.717, 1.165) is 29.0 Å². The fourth-order valence-electron chi connectivity index (χ4n) is 4.29. The van der Waals surface area contributed by atoms with E-state index in [4.69, 9.17) is 9.47 Å². The molecule has 8 heteroatoms. The molecule has 1 aliphatic heterocycles. The molecule has 192 valence electrons. The Morgan fingerprint density at radius 3 is 2.30 bits per heavy atom. The number of amides is 1. The number of anilines is 1. The van der Waals surface area contributed by atoms with E-state index in [2.05, 4.69) is 0 Å². The van der Waals surface area contributed by atoms with Crippen LogP contribution < -0.4 is 14.4 Å². The molecule has 3 aromatic rings. The molecule has 0 aromatic heterocycles. The molecule has 1 heterocycles. The molecule has 0 spiro atoms. The molecule has 0 bridgehead atoms. The van der Waals surface area contributed by atoms with Crippen LogP contribution >= 0.6 is 0 Å². The number of rotatable bonds is 8. The quantitative estimate of drug-likeness (QED) is 0.227. The van der Waals surface area contributed by atoms with Gasteiger partial charge in [0, 0.05) is 17.3 Å². The Morgan fingerprint density at radius 2 is 1.68 bits per heavy atom. The maximum Gasteiger partial charge on any atom is 0.300 e. The van der Waals surface area contributed by atoms with Crippen molar-refractivity contribution in [3.63, 3.8) is 0 Å². The largest absolute Gasteiger partial charge is 0.507 e. The van der Waals surface area contributed by atoms with Crippen molar-refractivity contribution < 1.29 is 33.0 Å². The number of hydrogen-bond acceptors (Lipinski definition) is 5. The van der Waals surface area contributed by atoms with E-state index in [-0.39, 0.29) is 17.0 Å². The summed E-state index contributed by atoms with van der Waals surface area (Å²) in [5.41, 5.74) is 1.36. The van der Waals surface area contributed by atoms with Crippen molar-refractivity contribution in [2.24, 2.45) is 0 Å². The third-order valence-corrected chi connectivity index (χ3v) is 6.04. The first-order valence-corrected chi connectivity index (χ1v) is 12.0. The van der Waals surface area contributed by atoms with E-state index in [1.807, 2.05) is 20.8 Å². The van der Waals surface area contributed by atoms with Gasteiger partial charge in [-0.2, -0.15) is 0 Å². The second-order valence-corrected chi connectivity index (χ2v) is 8.60. The Kier molecular flexibility index (Phi) is 7.57. The zero-order valence-corrected chi connectivity index (χ0v) is 20.8. The molecule has 0 saturated carbocycles. The highest BCUT2D eigenvalue weighted by Crippen LogP contribution is 2.43. The molecule has 1 unspecified atom stereocenters. The number of aryl methyl sites for hydroxylation is 1. The molecule has 0 radical (unpaired) electrons. The molecule has 0 aliphatic carbocycles. The summed E-state index contributed by atoms with van der Waals surface area (Å²) in [7, 11) is 0. The van der Waals surface area contributed by atoms with Gasteiger partial charge in [-0.3, -0.25) is 14.5 Å². The predicted octanol–water partition coefficient (Wildman–Crippen LogP) is 6.09. The molecular weight excluding hydrogens is 480 g/mol. The van der Waals surface area contributed by atoms with Crippen LogP contribution in [-0.4, -0.2) is 30.0 Å². The van der Waals surface area contributed by atoms with Crippen LogP contribution in [0.2, 0.25) is 0 Å². The maximum atomic E-state index is 14.1. The second-order valence-electron chi connectivity index (χ2n) is 8.60. The zero-order valence-electron chi connectivity index (χ0n) is 20.8. The highest BCUT2D eigenvalue weighted by Gasteiger charge is 2.47. The van der Waals surface area contributed by atoms with Crippen molar-refractivity contribution in [2.75, 3.05) is 18.1 Å². The van der Waals surface area contributed by atoms with E-state index in [0.29, 0.717) is 35.8 Å². The lowest BCUT2D eigenvalue weighted by atomic mass is 9.94. The van der Waals surface area contributed by atoms with E-state index in [1.54, 1.807) is 42.5 Å². The van der Waals surface area contributed by atoms with Gasteiger partial charge in [0.1, 0.15) is 17.3 Å². The summed E-state index contributed by atoms with van der Waals surface area (Å²) in [4.78, 5) is 27.6. The second kappa shape index (κ2) is 10.8. The Morgan fingerprint density at radius 1 is 0.946 bits per heavy atom. The number of aliphatic hydroxyl groups is 1. The van der Waals surface area contributed by atoms with Gasteiger partial charge in [0.25, 0.3) is 11.7 Å². The molecule has 6 nitrogen and oxygen atoms in total. The predicted molar refractivity (Wildman–Crippen MR) is 136 cm³/mol. The summed E-state index contributed by atoms with van der Waals surface area (Å²) < 4.78 is 39.0. The zero-order chi connectivity index (χ0) is 26.7. The van der Waals surface area contributed by atoms with Crippen molar-refractivity contribution in [1.82, 2.24) is 0 Å². The molecule has 1 fully saturated rings. The molecule has 1 aliphatic rings. The number of halogens is 2. The third kappa shape index (κ3) is 5.05. The van der Waals surface area contributed by atoms with Crippen LogP contribution in [-0.2, 0) is 9.59 Å². The van der Waals surface area contributed by atoms with Crippen LogP contribution in [0.25, 0.3) is 5.76 Å². The number of carbonyl (C=O) groups excluding carboxylic acids is 2. The molecule has 4 rings (SSSR count). The number of ether oxygens (including phenoxy) is 2. The van der Waals surface area contributed by atoms with E-state index in [9.17, 15) is 23.5 Å². The summed E-state index contributed by atoms with van der Waals surface area (Å²) in [6.45, 7) is 6.62. The summed E-state index contributed by atoms with van der Waals surface area (Å²) in [6, 6.07) is 13.5. The van der Waals surface area contributed by atoms with Crippen LogP contribution in [0.4, 0.5) is 14.5 Å². The number of aliphatic hydroxyl groups excluding tert-OH is 1. The van der Waals surface area contributed by atoms with Crippen molar-refractivity contribution in [1.29, 1.82) is 0 Å². The number of hydrogen-bond donors (Lipinski definition) is 1. The minimum Gasteiger partial charge on any atom is -0.507 e. The molecule has 3 aromatic carbocycles. The average molecular weight is 508 g/mol. The van der Waals surface area contributed by atoms with Gasteiger partial charge in [-0.1, -0.05) is 19.1 Å². The van der Waals surface area contributed by atoms with Crippen LogP contribution in [0.15, 0.2) is 66.2 Å². The number of benzene rings is 3. The van der Waals surface area contributed by atoms with E-state index in [1.165, 1.54) is 6.07 Å². The van der Waals surface area contributed by atoms with Gasteiger partial charge in [0.05, 0.1) is 24.8 Å². The van der Waals surface area contributed by atoms with Gasteiger partial charge in [0.15, 0.2) is 11.6 Å². The maximum absolute atomic E-state index is 14.1. The van der Waals surface area contributed by atoms with E-state index < -0.39 is 29.4 Å². The first kappa shape index (κ1) is 25.9. The van der Waals surface area contributed by atoms with Crippen molar-refractivity contribution in [3.05, 3.63) is 94.6 Å². The van der Waals surface area contributed by atoms with Crippen molar-refractivity contribution in [3.8, 4) is 11.5 Å². The Labute approximate surface area is 213 Å². The molecule has 1 atom stereocenters. The van der Waals surface area contributed by atoms with Crippen molar-refractivity contribution in [2.45, 2.75) is 33.2 Å². The highest BCUT2D eigenvalue weighted by molar-refractivity contribution is 6.51. The standard InChI is InChI=1S/C29H27F2NO5/c1-4-14-37-24-13-8-19(15-17(24)3)27(33)25-26(18-6-10-21(11-7-18)36-5-2)32(29(35)28(25)34)20-9-12-22(30)23(31)16-20/h6-13,15-16,26,33H,4-5,14H2,1-3H3/b27-25+. The summed E-state index contributed by atoms with van der Waals surface area (Å²) in [5, 5.41) is 11.3. The number of Topliss-reactive ketones (excluding diaryl/α,β-unsaturated/α-hetero) is 1.